The third-order valence-electron chi connectivity index (χ3n) is 5.75. The second kappa shape index (κ2) is 10.1. The highest BCUT2D eigenvalue weighted by Gasteiger charge is 2.12. The van der Waals surface area contributed by atoms with Crippen molar-refractivity contribution in [2.24, 2.45) is 0 Å². The van der Waals surface area contributed by atoms with Gasteiger partial charge in [-0.05, 0) is 70.6 Å². The number of unbranched alkanes of at least 4 members (excludes halogenated alkanes) is 4. The fraction of sp³-hybridized carbons (Fsp3) is 0.727. The van der Waals surface area contributed by atoms with Gasteiger partial charge in [0.05, 0.1) is 17.2 Å². The van der Waals surface area contributed by atoms with E-state index in [0.29, 0.717) is 0 Å². The van der Waals surface area contributed by atoms with Gasteiger partial charge in [-0.3, -0.25) is 0 Å². The van der Waals surface area contributed by atoms with E-state index in [1.165, 1.54) is 88.7 Å². The lowest BCUT2D eigenvalue weighted by molar-refractivity contribution is 0.224. The predicted octanol–water partition coefficient (Wildman–Crippen LogP) is 5.20. The molecule has 1 N–H and O–H groups in total. The molecule has 0 unspecified atom stereocenters. The second-order valence-electron chi connectivity index (χ2n) is 7.95. The van der Waals surface area contributed by atoms with Crippen molar-refractivity contribution in [1.82, 2.24) is 19.9 Å². The van der Waals surface area contributed by atoms with Crippen molar-refractivity contribution in [2.75, 3.05) is 19.6 Å². The van der Waals surface area contributed by atoms with Crippen LogP contribution in [0.25, 0.3) is 11.0 Å². The summed E-state index contributed by atoms with van der Waals surface area (Å²) in [5, 5.41) is 0. The quantitative estimate of drug-likeness (QED) is 0.595. The van der Waals surface area contributed by atoms with Crippen LogP contribution in [-0.2, 0) is 12.8 Å². The molecule has 1 fully saturated rings. The molecule has 0 spiro atoms. The molecule has 2 aromatic rings. The number of aryl methyl sites for hydroxylation is 3. The van der Waals surface area contributed by atoms with Crippen LogP contribution in [0.2, 0.25) is 0 Å². The molecule has 3 heterocycles. The van der Waals surface area contributed by atoms with E-state index in [9.17, 15) is 0 Å². The summed E-state index contributed by atoms with van der Waals surface area (Å²) in [7, 11) is 0. The highest BCUT2D eigenvalue weighted by atomic mass is 15.1. The van der Waals surface area contributed by atoms with Gasteiger partial charge in [-0.25, -0.2) is 9.97 Å². The summed E-state index contributed by atoms with van der Waals surface area (Å²) in [6.07, 6.45) is 16.0. The van der Waals surface area contributed by atoms with Crippen molar-refractivity contribution < 1.29 is 0 Å². The van der Waals surface area contributed by atoms with E-state index >= 15 is 0 Å². The minimum Gasteiger partial charge on any atom is -0.356 e. The molecule has 2 aromatic heterocycles. The topological polar surface area (TPSA) is 44.8 Å². The van der Waals surface area contributed by atoms with Gasteiger partial charge in [0.1, 0.15) is 5.82 Å². The smallest absolute Gasteiger partial charge is 0.129 e. The van der Waals surface area contributed by atoms with Gasteiger partial charge in [0.2, 0.25) is 0 Å². The van der Waals surface area contributed by atoms with Crippen molar-refractivity contribution in [3.63, 3.8) is 0 Å². The molecule has 0 radical (unpaired) electrons. The first-order valence-corrected chi connectivity index (χ1v) is 10.8. The molecule has 0 atom stereocenters. The average molecular weight is 357 g/mol. The molecule has 0 saturated carbocycles. The Morgan fingerprint density at radius 3 is 2.62 bits per heavy atom. The Kier molecular flexibility index (Phi) is 7.48. The lowest BCUT2D eigenvalue weighted by Crippen LogP contribution is -2.30. The summed E-state index contributed by atoms with van der Waals surface area (Å²) in [6, 6.07) is 0. The Hall–Kier alpha value is -1.42. The zero-order chi connectivity index (χ0) is 18.2. The van der Waals surface area contributed by atoms with Crippen molar-refractivity contribution in [1.29, 1.82) is 0 Å². The molecular weight excluding hydrogens is 320 g/mol. The molecule has 1 aliphatic heterocycles. The molecule has 0 aromatic carbocycles. The van der Waals surface area contributed by atoms with Crippen LogP contribution in [0.5, 0.6) is 0 Å². The number of aromatic amines is 1. The van der Waals surface area contributed by atoms with Gasteiger partial charge < -0.3 is 9.88 Å². The van der Waals surface area contributed by atoms with Crippen LogP contribution in [0.15, 0.2) is 6.20 Å². The number of nitrogens with one attached hydrogen (secondary N) is 1. The van der Waals surface area contributed by atoms with E-state index in [0.717, 1.165) is 29.7 Å². The van der Waals surface area contributed by atoms with E-state index in [2.05, 4.69) is 28.7 Å². The first-order valence-electron chi connectivity index (χ1n) is 10.8. The number of H-pyrrole nitrogens is 1. The van der Waals surface area contributed by atoms with Crippen molar-refractivity contribution in [2.45, 2.75) is 84.5 Å². The monoisotopic (exact) mass is 356 g/mol. The van der Waals surface area contributed by atoms with Gasteiger partial charge in [0, 0.05) is 12.1 Å². The lowest BCUT2D eigenvalue weighted by Gasteiger charge is -2.26. The third-order valence-corrected chi connectivity index (χ3v) is 5.75. The predicted molar refractivity (Wildman–Crippen MR) is 110 cm³/mol. The summed E-state index contributed by atoms with van der Waals surface area (Å²) in [5.41, 5.74) is 4.95. The molecule has 4 nitrogen and oxygen atoms in total. The summed E-state index contributed by atoms with van der Waals surface area (Å²) in [6.45, 7) is 8.36. The van der Waals surface area contributed by atoms with Gasteiger partial charge >= 0.3 is 0 Å². The molecule has 1 saturated heterocycles. The summed E-state index contributed by atoms with van der Waals surface area (Å²) < 4.78 is 0. The molecule has 3 rings (SSSR count). The Morgan fingerprint density at radius 1 is 1.00 bits per heavy atom. The maximum atomic E-state index is 4.86. The van der Waals surface area contributed by atoms with Crippen LogP contribution in [0.4, 0.5) is 0 Å². The molecule has 4 heteroatoms. The Labute approximate surface area is 158 Å². The van der Waals surface area contributed by atoms with E-state index < -0.39 is 0 Å². The first kappa shape index (κ1) is 19.3. The highest BCUT2D eigenvalue weighted by molar-refractivity contribution is 5.79. The summed E-state index contributed by atoms with van der Waals surface area (Å²) >= 11 is 0. The van der Waals surface area contributed by atoms with Gasteiger partial charge in [-0.1, -0.05) is 32.6 Å². The average Bonchev–Trinajstić information content (AvgIpc) is 2.98. The first-order chi connectivity index (χ1) is 12.8. The van der Waals surface area contributed by atoms with Gasteiger partial charge in [-0.15, -0.1) is 0 Å². The second-order valence-corrected chi connectivity index (χ2v) is 7.95. The van der Waals surface area contributed by atoms with Gasteiger partial charge in [0.15, 0.2) is 0 Å². The number of likely N-dealkylation sites (tertiary alicyclic amines) is 1. The fourth-order valence-corrected chi connectivity index (χ4v) is 4.13. The Balaban J connectivity index is 1.46. The van der Waals surface area contributed by atoms with Gasteiger partial charge in [-0.2, -0.15) is 0 Å². The number of nitrogens with zero attached hydrogens (tertiary/aromatic N) is 3. The highest BCUT2D eigenvalue weighted by Crippen LogP contribution is 2.22. The van der Waals surface area contributed by atoms with Gasteiger partial charge in [0.25, 0.3) is 0 Å². The number of fused-ring (bicyclic) bond motifs is 1. The van der Waals surface area contributed by atoms with Crippen LogP contribution in [0.3, 0.4) is 0 Å². The molecule has 0 aliphatic carbocycles. The Bertz CT molecular complexity index is 670. The third kappa shape index (κ3) is 5.29. The molecular formula is C22H36N4. The van der Waals surface area contributed by atoms with Crippen LogP contribution in [0, 0.1) is 6.92 Å². The van der Waals surface area contributed by atoms with Crippen molar-refractivity contribution >= 4 is 11.0 Å². The van der Waals surface area contributed by atoms with Crippen LogP contribution in [0.1, 0.15) is 81.8 Å². The zero-order valence-corrected chi connectivity index (χ0v) is 16.8. The number of aromatic nitrogens is 3. The number of hydrogen-bond acceptors (Lipinski definition) is 3. The van der Waals surface area contributed by atoms with E-state index in [1.54, 1.807) is 0 Å². The van der Waals surface area contributed by atoms with E-state index in [4.69, 9.17) is 4.98 Å². The number of hydrogen-bond donors (Lipinski definition) is 1. The fourth-order valence-electron chi connectivity index (χ4n) is 4.13. The number of piperidine rings is 1. The standard InChI is InChI=1S/C22H36N4/c1-3-4-13-21-23-17-20-22(25-21)19(18(2)24-20)12-8-5-6-9-14-26-15-10-7-11-16-26/h17,24H,3-16H2,1-2H3. The number of rotatable bonds is 10. The maximum Gasteiger partial charge on any atom is 0.129 e. The molecule has 0 bridgehead atoms. The largest absolute Gasteiger partial charge is 0.356 e. The summed E-state index contributed by atoms with van der Waals surface area (Å²) in [4.78, 5) is 15.5. The normalized spacial score (nSPS) is 15.8. The zero-order valence-electron chi connectivity index (χ0n) is 16.8. The lowest BCUT2D eigenvalue weighted by atomic mass is 10.0. The van der Waals surface area contributed by atoms with Crippen molar-refractivity contribution in [3.05, 3.63) is 23.3 Å². The van der Waals surface area contributed by atoms with E-state index in [-0.39, 0.29) is 0 Å². The maximum absolute atomic E-state index is 4.86. The van der Waals surface area contributed by atoms with Crippen LogP contribution >= 0.6 is 0 Å². The minimum atomic E-state index is 0.993. The molecule has 1 aliphatic rings. The minimum absolute atomic E-state index is 0.993. The van der Waals surface area contributed by atoms with Crippen LogP contribution < -0.4 is 0 Å². The molecule has 0 amide bonds. The summed E-state index contributed by atoms with van der Waals surface area (Å²) in [5.74, 6) is 1.00. The Morgan fingerprint density at radius 2 is 1.81 bits per heavy atom. The van der Waals surface area contributed by atoms with Crippen LogP contribution in [-0.4, -0.2) is 39.5 Å². The molecule has 144 valence electrons. The van der Waals surface area contributed by atoms with Crippen molar-refractivity contribution in [3.8, 4) is 0 Å². The SMILES string of the molecule is CCCCc1ncc2[nH]c(C)c(CCCCCCN3CCCCC3)c2n1. The molecule has 26 heavy (non-hydrogen) atoms. The van der Waals surface area contributed by atoms with E-state index in [1.807, 2.05) is 6.20 Å².